The summed E-state index contributed by atoms with van der Waals surface area (Å²) >= 11 is 0. The lowest BCUT2D eigenvalue weighted by atomic mass is 10.1. The molecule has 0 spiro atoms. The van der Waals surface area contributed by atoms with Crippen LogP contribution in [0.3, 0.4) is 0 Å². The number of esters is 3. The molecule has 0 radical (unpaired) electrons. The second-order valence-corrected chi connectivity index (χ2v) is 5.87. The van der Waals surface area contributed by atoms with Crippen LogP contribution in [0, 0.1) is 0 Å². The molecule has 1 aliphatic heterocycles. The molecule has 0 unspecified atom stereocenters. The maximum absolute atomic E-state index is 11.5. The Balaban J connectivity index is 2.12. The van der Waals surface area contributed by atoms with E-state index >= 15 is 0 Å². The molecule has 1 aromatic rings. The minimum absolute atomic E-state index is 0.0874. The van der Waals surface area contributed by atoms with E-state index in [4.69, 9.17) is 23.4 Å². The molecular formula is C18H20O9. The van der Waals surface area contributed by atoms with Gasteiger partial charge < -0.3 is 23.4 Å². The van der Waals surface area contributed by atoms with Crippen LogP contribution in [0.1, 0.15) is 39.6 Å². The molecule has 2 heterocycles. The van der Waals surface area contributed by atoms with E-state index in [0.717, 1.165) is 6.07 Å². The van der Waals surface area contributed by atoms with Crippen molar-refractivity contribution in [3.63, 3.8) is 0 Å². The Labute approximate surface area is 154 Å². The molecule has 146 valence electrons. The number of rotatable bonds is 7. The zero-order chi connectivity index (χ0) is 20.1. The Kier molecular flexibility index (Phi) is 6.51. The molecule has 0 amide bonds. The molecule has 4 atom stereocenters. The first-order valence-corrected chi connectivity index (χ1v) is 8.18. The first-order valence-electron chi connectivity index (χ1n) is 8.18. The van der Waals surface area contributed by atoms with Crippen LogP contribution in [0.5, 0.6) is 5.75 Å². The number of epoxide rings is 1. The van der Waals surface area contributed by atoms with Gasteiger partial charge in [0.05, 0.1) is 0 Å². The molecular weight excluding hydrogens is 360 g/mol. The summed E-state index contributed by atoms with van der Waals surface area (Å²) in [5.41, 5.74) is -0.611. The fourth-order valence-corrected chi connectivity index (χ4v) is 2.37. The maximum atomic E-state index is 11.5. The van der Waals surface area contributed by atoms with Crippen molar-refractivity contribution in [2.24, 2.45) is 0 Å². The number of carbonyl (C=O) groups excluding carboxylic acids is 3. The van der Waals surface area contributed by atoms with Crippen molar-refractivity contribution in [2.75, 3.05) is 0 Å². The normalized spacial score (nSPS) is 20.6. The largest absolute Gasteiger partial charge is 0.459 e. The van der Waals surface area contributed by atoms with E-state index in [2.05, 4.69) is 0 Å². The SMILES string of the molecule is CC(=O)Oc1ccc(=O)oc1[C@H]1O[C@H]1/C=C/[C@@H](OC(C)=O)[C@H](C)OC(C)=O. The highest BCUT2D eigenvalue weighted by Gasteiger charge is 2.43. The molecule has 0 bridgehead atoms. The first-order chi connectivity index (χ1) is 12.7. The van der Waals surface area contributed by atoms with Crippen molar-refractivity contribution in [2.45, 2.75) is 52.1 Å². The van der Waals surface area contributed by atoms with Crippen molar-refractivity contribution >= 4 is 17.9 Å². The van der Waals surface area contributed by atoms with Crippen LogP contribution >= 0.6 is 0 Å². The third kappa shape index (κ3) is 6.07. The Hall–Kier alpha value is -2.94. The number of hydrogen-bond acceptors (Lipinski definition) is 9. The second-order valence-electron chi connectivity index (χ2n) is 5.87. The Morgan fingerprint density at radius 2 is 1.74 bits per heavy atom. The molecule has 9 heteroatoms. The van der Waals surface area contributed by atoms with E-state index in [0.29, 0.717) is 0 Å². The van der Waals surface area contributed by atoms with Gasteiger partial charge in [-0.15, -0.1) is 0 Å². The Bertz CT molecular complexity index is 807. The second kappa shape index (κ2) is 8.63. The topological polar surface area (TPSA) is 122 Å². The predicted octanol–water partition coefficient (Wildman–Crippen LogP) is 1.44. The summed E-state index contributed by atoms with van der Waals surface area (Å²) in [6, 6.07) is 2.46. The zero-order valence-electron chi connectivity index (χ0n) is 15.3. The van der Waals surface area contributed by atoms with Crippen molar-refractivity contribution in [3.8, 4) is 5.75 Å². The number of hydrogen-bond donors (Lipinski definition) is 0. The Morgan fingerprint density at radius 1 is 1.07 bits per heavy atom. The Morgan fingerprint density at radius 3 is 2.33 bits per heavy atom. The van der Waals surface area contributed by atoms with Gasteiger partial charge in [0, 0.05) is 26.8 Å². The summed E-state index contributed by atoms with van der Waals surface area (Å²) in [6.07, 6.45) is 0.465. The highest BCUT2D eigenvalue weighted by Crippen LogP contribution is 2.43. The van der Waals surface area contributed by atoms with Crippen LogP contribution < -0.4 is 10.4 Å². The zero-order valence-corrected chi connectivity index (χ0v) is 15.3. The third-order valence-electron chi connectivity index (χ3n) is 3.47. The standard InChI is InChI=1S/C18H20O9/c1-9(23-10(2)19)13(24-11(3)20)5-6-15-17(26-15)18-14(25-12(4)21)7-8-16(22)27-18/h5-9,13,15,17H,1-4H3/b6-5+/t9-,13+,15-,17-/m0/s1. The van der Waals surface area contributed by atoms with E-state index in [9.17, 15) is 19.2 Å². The summed E-state index contributed by atoms with van der Waals surface area (Å²) in [4.78, 5) is 45.0. The van der Waals surface area contributed by atoms with Crippen molar-refractivity contribution in [1.29, 1.82) is 0 Å². The minimum atomic E-state index is -0.813. The van der Waals surface area contributed by atoms with Gasteiger partial charge in [-0.1, -0.05) is 6.08 Å². The van der Waals surface area contributed by atoms with Crippen molar-refractivity contribution in [1.82, 2.24) is 0 Å². The first kappa shape index (κ1) is 20.4. The quantitative estimate of drug-likeness (QED) is 0.393. The average Bonchev–Trinajstić information content (AvgIpc) is 3.31. The van der Waals surface area contributed by atoms with Gasteiger partial charge in [-0.3, -0.25) is 14.4 Å². The average molecular weight is 380 g/mol. The highest BCUT2D eigenvalue weighted by atomic mass is 16.6. The lowest BCUT2D eigenvalue weighted by Crippen LogP contribution is -2.30. The lowest BCUT2D eigenvalue weighted by molar-refractivity contribution is -0.160. The molecule has 1 fully saturated rings. The summed E-state index contributed by atoms with van der Waals surface area (Å²) in [5.74, 6) is -1.44. The van der Waals surface area contributed by atoms with E-state index in [-0.39, 0.29) is 11.5 Å². The summed E-state index contributed by atoms with van der Waals surface area (Å²) < 4.78 is 25.7. The van der Waals surface area contributed by atoms with Crippen LogP contribution in [0.15, 0.2) is 33.5 Å². The van der Waals surface area contributed by atoms with E-state index in [1.807, 2.05) is 0 Å². The third-order valence-corrected chi connectivity index (χ3v) is 3.47. The summed E-state index contributed by atoms with van der Waals surface area (Å²) in [5, 5.41) is 0. The molecule has 0 aliphatic carbocycles. The molecule has 1 aromatic heterocycles. The van der Waals surface area contributed by atoms with Gasteiger partial charge in [0.2, 0.25) is 0 Å². The van der Waals surface area contributed by atoms with Crippen molar-refractivity contribution in [3.05, 3.63) is 40.5 Å². The highest BCUT2D eigenvalue weighted by molar-refractivity contribution is 5.69. The van der Waals surface area contributed by atoms with Crippen LogP contribution in [0.2, 0.25) is 0 Å². The molecule has 27 heavy (non-hydrogen) atoms. The van der Waals surface area contributed by atoms with Gasteiger partial charge in [-0.25, -0.2) is 4.79 Å². The van der Waals surface area contributed by atoms with Gasteiger partial charge >= 0.3 is 23.5 Å². The monoisotopic (exact) mass is 380 g/mol. The van der Waals surface area contributed by atoms with Crippen molar-refractivity contribution < 1.29 is 37.7 Å². The minimum Gasteiger partial charge on any atom is -0.459 e. The lowest BCUT2D eigenvalue weighted by Gasteiger charge is -2.20. The van der Waals surface area contributed by atoms with Gasteiger partial charge in [0.1, 0.15) is 18.3 Å². The van der Waals surface area contributed by atoms with E-state index in [1.54, 1.807) is 13.0 Å². The summed E-state index contributed by atoms with van der Waals surface area (Å²) in [7, 11) is 0. The molecule has 0 saturated carbocycles. The van der Waals surface area contributed by atoms with Crippen LogP contribution in [0.4, 0.5) is 0 Å². The van der Waals surface area contributed by atoms with Gasteiger partial charge in [0.25, 0.3) is 0 Å². The number of ether oxygens (including phenoxy) is 4. The van der Waals surface area contributed by atoms with Gasteiger partial charge in [-0.05, 0) is 19.1 Å². The molecule has 2 rings (SSSR count). The molecule has 0 aromatic carbocycles. The molecule has 9 nitrogen and oxygen atoms in total. The maximum Gasteiger partial charge on any atom is 0.336 e. The smallest absolute Gasteiger partial charge is 0.336 e. The fourth-order valence-electron chi connectivity index (χ4n) is 2.37. The fraction of sp³-hybridized carbons (Fsp3) is 0.444. The van der Waals surface area contributed by atoms with Gasteiger partial charge in [0.15, 0.2) is 17.6 Å². The van der Waals surface area contributed by atoms with E-state index < -0.39 is 47.9 Å². The molecule has 0 N–H and O–H groups in total. The molecule has 1 saturated heterocycles. The van der Waals surface area contributed by atoms with Crippen LogP contribution in [-0.2, 0) is 28.6 Å². The number of carbonyl (C=O) groups is 3. The van der Waals surface area contributed by atoms with Gasteiger partial charge in [-0.2, -0.15) is 0 Å². The summed E-state index contributed by atoms with van der Waals surface area (Å²) in [6.45, 7) is 5.29. The van der Waals surface area contributed by atoms with Crippen LogP contribution in [0.25, 0.3) is 0 Å². The predicted molar refractivity (Wildman–Crippen MR) is 89.8 cm³/mol. The van der Waals surface area contributed by atoms with Crippen LogP contribution in [-0.4, -0.2) is 36.2 Å². The van der Waals surface area contributed by atoms with E-state index in [1.165, 1.54) is 32.9 Å². The molecule has 1 aliphatic rings.